The van der Waals surface area contributed by atoms with Gasteiger partial charge in [-0.05, 0) is 25.0 Å². The zero-order valence-electron chi connectivity index (χ0n) is 12.0. The fourth-order valence-electron chi connectivity index (χ4n) is 2.21. The Kier molecular flexibility index (Phi) is 5.19. The molecule has 1 unspecified atom stereocenters. The van der Waals surface area contributed by atoms with Gasteiger partial charge in [0, 0.05) is 13.2 Å². The number of nitrogens with one attached hydrogen (secondary N) is 1. The number of para-hydroxylation sites is 1. The van der Waals surface area contributed by atoms with Crippen molar-refractivity contribution in [1.29, 1.82) is 0 Å². The standard InChI is InChI=1S/C14H20N2O4S/c1-21(18,19)16(12-6-3-2-4-7-12)11-14(17)15-10-13-8-5-9-20-13/h2-4,6-7,13H,5,8-11H2,1H3,(H,15,17). The van der Waals surface area contributed by atoms with E-state index in [0.717, 1.165) is 30.0 Å². The first kappa shape index (κ1) is 15.8. The average Bonchev–Trinajstić information content (AvgIpc) is 2.95. The summed E-state index contributed by atoms with van der Waals surface area (Å²) in [6.45, 7) is 0.917. The van der Waals surface area contributed by atoms with Gasteiger partial charge in [-0.25, -0.2) is 8.42 Å². The van der Waals surface area contributed by atoms with Crippen LogP contribution in [0.2, 0.25) is 0 Å². The number of benzene rings is 1. The smallest absolute Gasteiger partial charge is 0.240 e. The van der Waals surface area contributed by atoms with E-state index in [1.54, 1.807) is 30.3 Å². The van der Waals surface area contributed by atoms with Crippen LogP contribution in [0.15, 0.2) is 30.3 Å². The van der Waals surface area contributed by atoms with Gasteiger partial charge in [0.25, 0.3) is 0 Å². The van der Waals surface area contributed by atoms with Crippen LogP contribution in [0.5, 0.6) is 0 Å². The van der Waals surface area contributed by atoms with Crippen molar-refractivity contribution in [3.05, 3.63) is 30.3 Å². The van der Waals surface area contributed by atoms with E-state index in [0.29, 0.717) is 12.2 Å². The van der Waals surface area contributed by atoms with Crippen LogP contribution in [-0.2, 0) is 19.6 Å². The van der Waals surface area contributed by atoms with Gasteiger partial charge in [-0.15, -0.1) is 0 Å². The SMILES string of the molecule is CS(=O)(=O)N(CC(=O)NCC1CCCO1)c1ccccc1. The molecule has 1 fully saturated rings. The molecule has 0 bridgehead atoms. The molecule has 1 aliphatic rings. The predicted octanol–water partition coefficient (Wildman–Crippen LogP) is 0.748. The Morgan fingerprint density at radius 1 is 1.38 bits per heavy atom. The lowest BCUT2D eigenvalue weighted by molar-refractivity contribution is -0.120. The minimum Gasteiger partial charge on any atom is -0.376 e. The van der Waals surface area contributed by atoms with Crippen molar-refractivity contribution in [2.75, 3.05) is 30.3 Å². The minimum atomic E-state index is -3.51. The van der Waals surface area contributed by atoms with E-state index in [4.69, 9.17) is 4.74 Å². The highest BCUT2D eigenvalue weighted by Gasteiger charge is 2.22. The molecule has 0 aliphatic carbocycles. The molecule has 1 saturated heterocycles. The summed E-state index contributed by atoms with van der Waals surface area (Å²) >= 11 is 0. The Balaban J connectivity index is 1.97. The van der Waals surface area contributed by atoms with Gasteiger partial charge >= 0.3 is 0 Å². The molecule has 1 heterocycles. The van der Waals surface area contributed by atoms with E-state index in [1.807, 2.05) is 0 Å². The van der Waals surface area contributed by atoms with Gasteiger partial charge in [0.2, 0.25) is 15.9 Å². The van der Waals surface area contributed by atoms with E-state index in [-0.39, 0.29) is 18.6 Å². The fourth-order valence-corrected chi connectivity index (χ4v) is 3.07. The molecule has 0 aromatic heterocycles. The lowest BCUT2D eigenvalue weighted by Gasteiger charge is -2.22. The van der Waals surface area contributed by atoms with E-state index < -0.39 is 10.0 Å². The third-order valence-electron chi connectivity index (χ3n) is 3.28. The summed E-state index contributed by atoms with van der Waals surface area (Å²) < 4.78 is 30.2. The van der Waals surface area contributed by atoms with Crippen LogP contribution in [-0.4, -0.2) is 46.4 Å². The highest BCUT2D eigenvalue weighted by molar-refractivity contribution is 7.92. The molecule has 1 atom stereocenters. The molecule has 116 valence electrons. The van der Waals surface area contributed by atoms with Crippen LogP contribution in [0.3, 0.4) is 0 Å². The molecule has 0 spiro atoms. The molecule has 1 aromatic rings. The zero-order chi connectivity index (χ0) is 15.3. The van der Waals surface area contributed by atoms with Crippen LogP contribution in [0.25, 0.3) is 0 Å². The quantitative estimate of drug-likeness (QED) is 0.841. The van der Waals surface area contributed by atoms with Crippen molar-refractivity contribution in [3.63, 3.8) is 0 Å². The van der Waals surface area contributed by atoms with Crippen LogP contribution in [0.1, 0.15) is 12.8 Å². The Hall–Kier alpha value is -1.60. The number of carbonyl (C=O) groups is 1. The molecule has 1 amide bonds. The second-order valence-corrected chi connectivity index (χ2v) is 6.95. The Labute approximate surface area is 125 Å². The van der Waals surface area contributed by atoms with Gasteiger partial charge < -0.3 is 10.1 Å². The van der Waals surface area contributed by atoms with Crippen LogP contribution in [0.4, 0.5) is 5.69 Å². The summed E-state index contributed by atoms with van der Waals surface area (Å²) in [4.78, 5) is 12.0. The number of sulfonamides is 1. The molecule has 2 rings (SSSR count). The van der Waals surface area contributed by atoms with Crippen molar-refractivity contribution in [3.8, 4) is 0 Å². The molecule has 1 N–H and O–H groups in total. The van der Waals surface area contributed by atoms with E-state index in [1.165, 1.54) is 0 Å². The minimum absolute atomic E-state index is 0.0392. The molecular formula is C14H20N2O4S. The maximum Gasteiger partial charge on any atom is 0.240 e. The number of amides is 1. The molecular weight excluding hydrogens is 292 g/mol. The molecule has 21 heavy (non-hydrogen) atoms. The van der Waals surface area contributed by atoms with Crippen molar-refractivity contribution < 1.29 is 17.9 Å². The first-order chi connectivity index (χ1) is 9.97. The average molecular weight is 312 g/mol. The molecule has 1 aromatic carbocycles. The monoisotopic (exact) mass is 312 g/mol. The topological polar surface area (TPSA) is 75.7 Å². The Morgan fingerprint density at radius 3 is 2.67 bits per heavy atom. The van der Waals surface area contributed by atoms with E-state index in [9.17, 15) is 13.2 Å². The predicted molar refractivity (Wildman–Crippen MR) is 80.6 cm³/mol. The zero-order valence-corrected chi connectivity index (χ0v) is 12.8. The van der Waals surface area contributed by atoms with Crippen molar-refractivity contribution in [1.82, 2.24) is 5.32 Å². The maximum atomic E-state index is 12.0. The summed E-state index contributed by atoms with van der Waals surface area (Å²) in [6.07, 6.45) is 3.06. The van der Waals surface area contributed by atoms with Crippen molar-refractivity contribution >= 4 is 21.6 Å². The van der Waals surface area contributed by atoms with Gasteiger partial charge in [-0.2, -0.15) is 0 Å². The van der Waals surface area contributed by atoms with Crippen LogP contribution in [0, 0.1) is 0 Å². The Bertz CT molecular complexity index is 568. The summed E-state index contributed by atoms with van der Waals surface area (Å²) in [5, 5.41) is 2.73. The van der Waals surface area contributed by atoms with E-state index >= 15 is 0 Å². The maximum absolute atomic E-state index is 12.0. The summed E-state index contributed by atoms with van der Waals surface area (Å²) in [7, 11) is -3.51. The molecule has 6 nitrogen and oxygen atoms in total. The molecule has 0 radical (unpaired) electrons. The third-order valence-corrected chi connectivity index (χ3v) is 4.42. The summed E-state index contributed by atoms with van der Waals surface area (Å²) in [5.41, 5.74) is 0.479. The number of carbonyl (C=O) groups excluding carboxylic acids is 1. The number of anilines is 1. The first-order valence-corrected chi connectivity index (χ1v) is 8.73. The summed E-state index contributed by atoms with van der Waals surface area (Å²) in [6, 6.07) is 8.58. The van der Waals surface area contributed by atoms with Crippen LogP contribution >= 0.6 is 0 Å². The lowest BCUT2D eigenvalue weighted by atomic mass is 10.2. The van der Waals surface area contributed by atoms with Crippen LogP contribution < -0.4 is 9.62 Å². The van der Waals surface area contributed by atoms with Gasteiger partial charge in [0.05, 0.1) is 18.0 Å². The van der Waals surface area contributed by atoms with Gasteiger partial charge in [-0.1, -0.05) is 18.2 Å². The number of nitrogens with zero attached hydrogens (tertiary/aromatic N) is 1. The fraction of sp³-hybridized carbons (Fsp3) is 0.500. The van der Waals surface area contributed by atoms with Crippen molar-refractivity contribution in [2.45, 2.75) is 18.9 Å². The Morgan fingerprint density at radius 2 is 2.10 bits per heavy atom. The number of ether oxygens (including phenoxy) is 1. The number of hydrogen-bond donors (Lipinski definition) is 1. The second-order valence-electron chi connectivity index (χ2n) is 5.04. The molecule has 7 heteroatoms. The highest BCUT2D eigenvalue weighted by atomic mass is 32.2. The lowest BCUT2D eigenvalue weighted by Crippen LogP contribution is -2.42. The molecule has 1 aliphatic heterocycles. The first-order valence-electron chi connectivity index (χ1n) is 6.88. The number of rotatable bonds is 6. The number of hydrogen-bond acceptors (Lipinski definition) is 4. The highest BCUT2D eigenvalue weighted by Crippen LogP contribution is 2.16. The largest absolute Gasteiger partial charge is 0.376 e. The summed E-state index contributed by atoms with van der Waals surface area (Å²) in [5.74, 6) is -0.334. The normalized spacial score (nSPS) is 18.4. The van der Waals surface area contributed by atoms with Crippen molar-refractivity contribution in [2.24, 2.45) is 0 Å². The van der Waals surface area contributed by atoms with Gasteiger partial charge in [0.1, 0.15) is 6.54 Å². The van der Waals surface area contributed by atoms with Gasteiger partial charge in [-0.3, -0.25) is 9.10 Å². The second kappa shape index (κ2) is 6.91. The van der Waals surface area contributed by atoms with Gasteiger partial charge in [0.15, 0.2) is 0 Å². The third kappa shape index (κ3) is 4.71. The molecule has 0 saturated carbocycles. The van der Waals surface area contributed by atoms with E-state index in [2.05, 4.69) is 5.32 Å².